The zero-order valence-electron chi connectivity index (χ0n) is 12.5. The molecular weight excluding hydrogens is 319 g/mol. The van der Waals surface area contributed by atoms with Crippen molar-refractivity contribution in [3.63, 3.8) is 0 Å². The van der Waals surface area contributed by atoms with Gasteiger partial charge in [-0.2, -0.15) is 13.2 Å². The summed E-state index contributed by atoms with van der Waals surface area (Å²) in [7, 11) is 0. The molecule has 10 heteroatoms. The summed E-state index contributed by atoms with van der Waals surface area (Å²) in [5.41, 5.74) is -0.398. The summed E-state index contributed by atoms with van der Waals surface area (Å²) in [6, 6.07) is 0. The Morgan fingerprint density at radius 3 is 2.00 bits per heavy atom. The van der Waals surface area contributed by atoms with Crippen molar-refractivity contribution in [3.05, 3.63) is 43.0 Å². The van der Waals surface area contributed by atoms with E-state index >= 15 is 0 Å². The molecule has 0 aliphatic heterocycles. The molecule has 0 saturated heterocycles. The SMILES string of the molecule is C/C=C(/C)c1c(CC)c([N+](=O)[O-])c([N+](=O)[O-])c(N)c1C(F)(F)F. The first-order valence-corrected chi connectivity index (χ1v) is 6.46. The monoisotopic (exact) mass is 333 g/mol. The second kappa shape index (κ2) is 6.23. The maximum absolute atomic E-state index is 13.4. The van der Waals surface area contributed by atoms with Crippen molar-refractivity contribution >= 4 is 22.6 Å². The summed E-state index contributed by atoms with van der Waals surface area (Å²) in [6.45, 7) is 4.17. The van der Waals surface area contributed by atoms with Gasteiger partial charge in [-0.05, 0) is 25.8 Å². The van der Waals surface area contributed by atoms with Gasteiger partial charge in [-0.15, -0.1) is 0 Å². The summed E-state index contributed by atoms with van der Waals surface area (Å²) < 4.78 is 40.2. The summed E-state index contributed by atoms with van der Waals surface area (Å²) in [5, 5.41) is 22.3. The predicted molar refractivity (Wildman–Crippen MR) is 77.9 cm³/mol. The van der Waals surface area contributed by atoms with Crippen molar-refractivity contribution in [2.24, 2.45) is 0 Å². The topological polar surface area (TPSA) is 112 Å². The molecule has 0 aliphatic carbocycles. The summed E-state index contributed by atoms with van der Waals surface area (Å²) in [4.78, 5) is 20.0. The molecule has 2 N–H and O–H groups in total. The largest absolute Gasteiger partial charge is 0.419 e. The Labute approximate surface area is 128 Å². The van der Waals surface area contributed by atoms with E-state index in [9.17, 15) is 33.4 Å². The minimum Gasteiger partial charge on any atom is -0.392 e. The van der Waals surface area contributed by atoms with E-state index in [-0.39, 0.29) is 17.6 Å². The normalized spacial score (nSPS) is 12.3. The van der Waals surface area contributed by atoms with E-state index in [1.54, 1.807) is 0 Å². The number of nitrogen functional groups attached to an aromatic ring is 1. The molecule has 0 bridgehead atoms. The van der Waals surface area contributed by atoms with Crippen LogP contribution < -0.4 is 5.73 Å². The second-order valence-electron chi connectivity index (χ2n) is 4.68. The van der Waals surface area contributed by atoms with E-state index in [2.05, 4.69) is 0 Å². The molecule has 0 heterocycles. The van der Waals surface area contributed by atoms with E-state index in [1.807, 2.05) is 0 Å². The van der Waals surface area contributed by atoms with E-state index < -0.39 is 44.2 Å². The number of hydrogen-bond acceptors (Lipinski definition) is 5. The summed E-state index contributed by atoms with van der Waals surface area (Å²) in [6.07, 6.45) is -3.85. The number of benzene rings is 1. The molecule has 0 radical (unpaired) electrons. The Balaban J connectivity index is 4.26. The lowest BCUT2D eigenvalue weighted by Crippen LogP contribution is -2.17. The molecule has 23 heavy (non-hydrogen) atoms. The average Bonchev–Trinajstić information content (AvgIpc) is 2.42. The van der Waals surface area contributed by atoms with Crippen LogP contribution in [0.15, 0.2) is 6.08 Å². The van der Waals surface area contributed by atoms with Gasteiger partial charge in [0.15, 0.2) is 0 Å². The minimum absolute atomic E-state index is 0.0962. The molecular formula is C13H14F3N3O4. The third-order valence-corrected chi connectivity index (χ3v) is 3.42. The van der Waals surface area contributed by atoms with Crippen LogP contribution in [-0.2, 0) is 12.6 Å². The molecule has 0 aliphatic rings. The average molecular weight is 333 g/mol. The molecule has 0 amide bonds. The predicted octanol–water partition coefficient (Wildman–Crippen LogP) is 4.09. The maximum Gasteiger partial charge on any atom is 0.419 e. The highest BCUT2D eigenvalue weighted by molar-refractivity contribution is 5.86. The zero-order valence-corrected chi connectivity index (χ0v) is 12.5. The van der Waals surface area contributed by atoms with Gasteiger partial charge in [0.05, 0.1) is 15.4 Å². The van der Waals surface area contributed by atoms with Crippen LogP contribution in [0.1, 0.15) is 37.5 Å². The molecule has 0 aromatic heterocycles. The maximum atomic E-state index is 13.4. The third kappa shape index (κ3) is 3.10. The van der Waals surface area contributed by atoms with Gasteiger partial charge >= 0.3 is 17.6 Å². The Hall–Kier alpha value is -2.65. The van der Waals surface area contributed by atoms with E-state index in [0.29, 0.717) is 0 Å². The van der Waals surface area contributed by atoms with Crippen molar-refractivity contribution in [2.45, 2.75) is 33.4 Å². The van der Waals surface area contributed by atoms with Crippen LogP contribution >= 0.6 is 0 Å². The van der Waals surface area contributed by atoms with E-state index in [1.165, 1.54) is 26.8 Å². The third-order valence-electron chi connectivity index (χ3n) is 3.42. The molecule has 1 aromatic rings. The first kappa shape index (κ1) is 18.4. The van der Waals surface area contributed by atoms with E-state index in [0.717, 1.165) is 0 Å². The first-order chi connectivity index (χ1) is 10.5. The smallest absolute Gasteiger partial charge is 0.392 e. The molecule has 126 valence electrons. The Bertz CT molecular complexity index is 712. The molecule has 0 fully saturated rings. The fourth-order valence-electron chi connectivity index (χ4n) is 2.39. The number of nitro groups is 2. The van der Waals surface area contributed by atoms with Gasteiger partial charge in [-0.3, -0.25) is 20.2 Å². The van der Waals surface area contributed by atoms with Crippen LogP contribution in [0.25, 0.3) is 5.57 Å². The lowest BCUT2D eigenvalue weighted by molar-refractivity contribution is -0.422. The van der Waals surface area contributed by atoms with Gasteiger partial charge in [0, 0.05) is 11.1 Å². The van der Waals surface area contributed by atoms with Gasteiger partial charge in [0.25, 0.3) is 0 Å². The first-order valence-electron chi connectivity index (χ1n) is 6.46. The zero-order chi connectivity index (χ0) is 18.1. The molecule has 7 nitrogen and oxygen atoms in total. The fraction of sp³-hybridized carbons (Fsp3) is 0.385. The standard InChI is InChI=1S/C13H14F3N3O4/c1-4-6(3)8-7(5-2)11(18(20)21)12(19(22)23)10(17)9(8)13(14,15)16/h4H,5,17H2,1-3H3/b6-4-. The highest BCUT2D eigenvalue weighted by Crippen LogP contribution is 2.49. The molecule has 0 saturated carbocycles. The minimum atomic E-state index is -4.99. The number of hydrogen-bond donors (Lipinski definition) is 1. The number of alkyl halides is 3. The van der Waals surface area contributed by atoms with Crippen LogP contribution in [-0.4, -0.2) is 9.85 Å². The highest BCUT2D eigenvalue weighted by atomic mass is 19.4. The number of allylic oxidation sites excluding steroid dienone is 2. The van der Waals surface area contributed by atoms with E-state index in [4.69, 9.17) is 5.73 Å². The van der Waals surface area contributed by atoms with Crippen LogP contribution in [0.2, 0.25) is 0 Å². The van der Waals surface area contributed by atoms with Gasteiger partial charge in [0.2, 0.25) is 0 Å². The number of rotatable bonds is 4. The molecule has 1 rings (SSSR count). The van der Waals surface area contributed by atoms with Crippen LogP contribution in [0.4, 0.5) is 30.2 Å². The molecule has 0 unspecified atom stereocenters. The van der Waals surface area contributed by atoms with Crippen molar-refractivity contribution < 1.29 is 23.0 Å². The van der Waals surface area contributed by atoms with Crippen molar-refractivity contribution in [3.8, 4) is 0 Å². The lowest BCUT2D eigenvalue weighted by Gasteiger charge is -2.19. The van der Waals surface area contributed by atoms with Crippen molar-refractivity contribution in [1.82, 2.24) is 0 Å². The molecule has 0 spiro atoms. The summed E-state index contributed by atoms with van der Waals surface area (Å²) >= 11 is 0. The number of halogens is 3. The Kier molecular flexibility index (Phi) is 4.98. The lowest BCUT2D eigenvalue weighted by atomic mass is 9.89. The number of anilines is 1. The Morgan fingerprint density at radius 2 is 1.70 bits per heavy atom. The van der Waals surface area contributed by atoms with Gasteiger partial charge in [-0.1, -0.05) is 13.0 Å². The number of nitrogens with two attached hydrogens (primary N) is 1. The quantitative estimate of drug-likeness (QED) is 0.506. The number of nitrogens with zero attached hydrogens (tertiary/aromatic N) is 2. The highest BCUT2D eigenvalue weighted by Gasteiger charge is 2.45. The van der Waals surface area contributed by atoms with Crippen LogP contribution in [0, 0.1) is 20.2 Å². The van der Waals surface area contributed by atoms with Crippen molar-refractivity contribution in [2.75, 3.05) is 5.73 Å². The molecule has 1 aromatic carbocycles. The molecule has 0 atom stereocenters. The van der Waals surface area contributed by atoms with Crippen LogP contribution in [0.5, 0.6) is 0 Å². The van der Waals surface area contributed by atoms with Crippen LogP contribution in [0.3, 0.4) is 0 Å². The second-order valence-corrected chi connectivity index (χ2v) is 4.68. The van der Waals surface area contributed by atoms with Gasteiger partial charge in [-0.25, -0.2) is 0 Å². The van der Waals surface area contributed by atoms with Gasteiger partial charge < -0.3 is 5.73 Å². The Morgan fingerprint density at radius 1 is 1.22 bits per heavy atom. The number of nitro benzene ring substituents is 2. The van der Waals surface area contributed by atoms with Crippen molar-refractivity contribution in [1.29, 1.82) is 0 Å². The van der Waals surface area contributed by atoms with Gasteiger partial charge in [0.1, 0.15) is 5.69 Å². The fourth-order valence-corrected chi connectivity index (χ4v) is 2.39. The summed E-state index contributed by atoms with van der Waals surface area (Å²) in [5.74, 6) is 0.